The molecule has 2 rings (SSSR count). The molecule has 0 saturated heterocycles. The van der Waals surface area contributed by atoms with Crippen LogP contribution < -0.4 is 5.32 Å². The van der Waals surface area contributed by atoms with Crippen LogP contribution in [0.25, 0.3) is 0 Å². The summed E-state index contributed by atoms with van der Waals surface area (Å²) in [6, 6.07) is 6.79. The van der Waals surface area contributed by atoms with E-state index in [1.165, 1.54) is 0 Å². The number of nitrogens with zero attached hydrogens (tertiary/aromatic N) is 1. The van der Waals surface area contributed by atoms with Gasteiger partial charge in [0.25, 0.3) is 0 Å². The molecule has 4 nitrogen and oxygen atoms in total. The molecule has 0 bridgehead atoms. The average Bonchev–Trinajstić information content (AvgIpc) is 2.50. The van der Waals surface area contributed by atoms with Gasteiger partial charge < -0.3 is 10.1 Å². The zero-order chi connectivity index (χ0) is 15.4. The number of aromatic nitrogens is 1. The SMILES string of the molecule is COC(=O)c1cc(NC(C)c2ccccn2)c(F)cc1F. The van der Waals surface area contributed by atoms with Crippen LogP contribution in [0.15, 0.2) is 36.5 Å². The van der Waals surface area contributed by atoms with E-state index in [0.717, 1.165) is 13.2 Å². The molecule has 2 aromatic rings. The maximum absolute atomic E-state index is 13.8. The number of halogens is 2. The number of ether oxygens (including phenoxy) is 1. The van der Waals surface area contributed by atoms with Crippen molar-refractivity contribution in [2.45, 2.75) is 13.0 Å². The normalized spacial score (nSPS) is 11.8. The van der Waals surface area contributed by atoms with Gasteiger partial charge in [0, 0.05) is 12.3 Å². The Morgan fingerprint density at radius 1 is 1.29 bits per heavy atom. The number of nitrogens with one attached hydrogen (secondary N) is 1. The Bertz CT molecular complexity index is 648. The van der Waals surface area contributed by atoms with Crippen molar-refractivity contribution in [3.8, 4) is 0 Å². The number of carbonyl (C=O) groups excluding carboxylic acids is 1. The summed E-state index contributed by atoms with van der Waals surface area (Å²) in [7, 11) is 1.13. The highest BCUT2D eigenvalue weighted by Crippen LogP contribution is 2.24. The molecule has 1 heterocycles. The number of rotatable bonds is 4. The largest absolute Gasteiger partial charge is 0.465 e. The third kappa shape index (κ3) is 3.34. The minimum atomic E-state index is -0.963. The maximum atomic E-state index is 13.8. The molecule has 0 aliphatic carbocycles. The monoisotopic (exact) mass is 292 g/mol. The molecule has 0 amide bonds. The van der Waals surface area contributed by atoms with E-state index in [1.54, 1.807) is 31.3 Å². The van der Waals surface area contributed by atoms with E-state index in [9.17, 15) is 13.6 Å². The summed E-state index contributed by atoms with van der Waals surface area (Å²) in [5, 5.41) is 2.86. The molecule has 0 fully saturated rings. The zero-order valence-corrected chi connectivity index (χ0v) is 11.6. The van der Waals surface area contributed by atoms with E-state index in [-0.39, 0.29) is 17.3 Å². The minimum Gasteiger partial charge on any atom is -0.465 e. The van der Waals surface area contributed by atoms with E-state index < -0.39 is 17.6 Å². The minimum absolute atomic E-state index is 0.00922. The van der Waals surface area contributed by atoms with Gasteiger partial charge in [0.05, 0.1) is 30.1 Å². The fourth-order valence-electron chi connectivity index (χ4n) is 1.87. The number of benzene rings is 1. The van der Waals surface area contributed by atoms with Gasteiger partial charge in [-0.1, -0.05) is 6.07 Å². The smallest absolute Gasteiger partial charge is 0.340 e. The first kappa shape index (κ1) is 14.9. The summed E-state index contributed by atoms with van der Waals surface area (Å²) in [5.74, 6) is -2.61. The Hall–Kier alpha value is -2.50. The number of anilines is 1. The fraction of sp³-hybridized carbons (Fsp3) is 0.200. The second kappa shape index (κ2) is 6.30. The molecule has 0 radical (unpaired) electrons. The zero-order valence-electron chi connectivity index (χ0n) is 11.6. The lowest BCUT2D eigenvalue weighted by Gasteiger charge is -2.16. The Morgan fingerprint density at radius 3 is 2.67 bits per heavy atom. The van der Waals surface area contributed by atoms with Crippen LogP contribution in [0, 0.1) is 11.6 Å². The van der Waals surface area contributed by atoms with Crippen molar-refractivity contribution < 1.29 is 18.3 Å². The van der Waals surface area contributed by atoms with Gasteiger partial charge in [-0.15, -0.1) is 0 Å². The lowest BCUT2D eigenvalue weighted by atomic mass is 10.1. The van der Waals surface area contributed by atoms with Gasteiger partial charge in [-0.3, -0.25) is 4.98 Å². The molecule has 0 aliphatic rings. The van der Waals surface area contributed by atoms with E-state index in [2.05, 4.69) is 15.0 Å². The van der Waals surface area contributed by atoms with Gasteiger partial charge in [-0.25, -0.2) is 13.6 Å². The summed E-state index contributed by atoms with van der Waals surface area (Å²) in [6.07, 6.45) is 1.62. The lowest BCUT2D eigenvalue weighted by molar-refractivity contribution is 0.0595. The number of esters is 1. The molecule has 1 aromatic heterocycles. The number of methoxy groups -OCH3 is 1. The van der Waals surface area contributed by atoms with Crippen LogP contribution in [0.3, 0.4) is 0 Å². The Balaban J connectivity index is 2.29. The van der Waals surface area contributed by atoms with Gasteiger partial charge in [-0.2, -0.15) is 0 Å². The van der Waals surface area contributed by atoms with Crippen LogP contribution in [0.4, 0.5) is 14.5 Å². The molecule has 1 unspecified atom stereocenters. The van der Waals surface area contributed by atoms with Crippen molar-refractivity contribution in [1.82, 2.24) is 4.98 Å². The first-order valence-electron chi connectivity index (χ1n) is 6.27. The standard InChI is InChI=1S/C15H14F2N2O2/c1-9(13-5-3-4-6-18-13)19-14-7-10(15(20)21-2)11(16)8-12(14)17/h3-9,19H,1-2H3. The number of hydrogen-bond donors (Lipinski definition) is 1. The summed E-state index contributed by atoms with van der Waals surface area (Å²) in [6.45, 7) is 1.78. The molecular formula is C15H14F2N2O2. The Morgan fingerprint density at radius 2 is 2.05 bits per heavy atom. The molecule has 0 saturated carbocycles. The molecule has 21 heavy (non-hydrogen) atoms. The third-order valence-electron chi connectivity index (χ3n) is 2.97. The molecule has 110 valence electrons. The van der Waals surface area contributed by atoms with Crippen molar-refractivity contribution in [3.05, 3.63) is 59.4 Å². The highest BCUT2D eigenvalue weighted by molar-refractivity contribution is 5.90. The Labute approximate surface area is 120 Å². The van der Waals surface area contributed by atoms with E-state index in [1.807, 2.05) is 0 Å². The molecular weight excluding hydrogens is 278 g/mol. The molecule has 0 aliphatic heterocycles. The van der Waals surface area contributed by atoms with Crippen LogP contribution in [0.5, 0.6) is 0 Å². The molecule has 1 aromatic carbocycles. The van der Waals surface area contributed by atoms with Gasteiger partial charge >= 0.3 is 5.97 Å². The predicted molar refractivity (Wildman–Crippen MR) is 74.0 cm³/mol. The summed E-state index contributed by atoms with van der Waals surface area (Å²) >= 11 is 0. The quantitative estimate of drug-likeness (QED) is 0.878. The second-order valence-electron chi connectivity index (χ2n) is 4.42. The number of pyridine rings is 1. The van der Waals surface area contributed by atoms with Crippen molar-refractivity contribution in [3.63, 3.8) is 0 Å². The van der Waals surface area contributed by atoms with Gasteiger partial charge in [0.1, 0.15) is 11.6 Å². The van der Waals surface area contributed by atoms with Crippen LogP contribution >= 0.6 is 0 Å². The van der Waals surface area contributed by atoms with Crippen LogP contribution in [0.1, 0.15) is 29.0 Å². The van der Waals surface area contributed by atoms with E-state index >= 15 is 0 Å². The van der Waals surface area contributed by atoms with Crippen LogP contribution in [-0.4, -0.2) is 18.1 Å². The lowest BCUT2D eigenvalue weighted by Crippen LogP contribution is -2.12. The van der Waals surface area contributed by atoms with Crippen molar-refractivity contribution in [2.24, 2.45) is 0 Å². The third-order valence-corrected chi connectivity index (χ3v) is 2.97. The fourth-order valence-corrected chi connectivity index (χ4v) is 1.87. The highest BCUT2D eigenvalue weighted by atomic mass is 19.1. The van der Waals surface area contributed by atoms with Gasteiger partial charge in [0.15, 0.2) is 0 Å². The highest BCUT2D eigenvalue weighted by Gasteiger charge is 2.18. The second-order valence-corrected chi connectivity index (χ2v) is 4.42. The topological polar surface area (TPSA) is 51.2 Å². The van der Waals surface area contributed by atoms with Crippen LogP contribution in [-0.2, 0) is 4.74 Å². The van der Waals surface area contributed by atoms with Gasteiger partial charge in [-0.05, 0) is 25.1 Å². The van der Waals surface area contributed by atoms with E-state index in [4.69, 9.17) is 0 Å². The first-order valence-corrected chi connectivity index (χ1v) is 6.27. The summed E-state index contributed by atoms with van der Waals surface area (Å²) < 4.78 is 31.8. The van der Waals surface area contributed by atoms with E-state index in [0.29, 0.717) is 11.8 Å². The van der Waals surface area contributed by atoms with Crippen molar-refractivity contribution >= 4 is 11.7 Å². The van der Waals surface area contributed by atoms with Crippen molar-refractivity contribution in [2.75, 3.05) is 12.4 Å². The number of carbonyl (C=O) groups is 1. The maximum Gasteiger partial charge on any atom is 0.340 e. The summed E-state index contributed by atoms with van der Waals surface area (Å²) in [4.78, 5) is 15.6. The predicted octanol–water partition coefficient (Wildman–Crippen LogP) is 3.32. The first-order chi connectivity index (χ1) is 10.0. The molecule has 0 spiro atoms. The Kier molecular flexibility index (Phi) is 4.47. The molecule has 1 atom stereocenters. The van der Waals surface area contributed by atoms with Gasteiger partial charge in [0.2, 0.25) is 0 Å². The van der Waals surface area contributed by atoms with Crippen molar-refractivity contribution in [1.29, 1.82) is 0 Å². The molecule has 1 N–H and O–H groups in total. The average molecular weight is 292 g/mol. The van der Waals surface area contributed by atoms with Crippen LogP contribution in [0.2, 0.25) is 0 Å². The summed E-state index contributed by atoms with van der Waals surface area (Å²) in [5.41, 5.74) is 0.380. The molecule has 6 heteroatoms. The number of hydrogen-bond acceptors (Lipinski definition) is 4.